The number of hydrogen-bond acceptors (Lipinski definition) is 4. The van der Waals surface area contributed by atoms with E-state index in [0.717, 1.165) is 15.4 Å². The second kappa shape index (κ2) is 9.10. The summed E-state index contributed by atoms with van der Waals surface area (Å²) in [5.74, 6) is -1.08. The highest BCUT2D eigenvalue weighted by Gasteiger charge is 2.62. The number of halogens is 2. The molecule has 8 heteroatoms. The summed E-state index contributed by atoms with van der Waals surface area (Å²) in [5, 5.41) is -0.814. The summed E-state index contributed by atoms with van der Waals surface area (Å²) >= 11 is 14.5. The van der Waals surface area contributed by atoms with Crippen LogP contribution in [0.25, 0.3) is 0 Å². The summed E-state index contributed by atoms with van der Waals surface area (Å²) < 4.78 is 26.2. The van der Waals surface area contributed by atoms with Gasteiger partial charge in [-0.1, -0.05) is 102 Å². The molecule has 3 aromatic carbocycles. The van der Waals surface area contributed by atoms with Gasteiger partial charge in [-0.05, 0) is 30.2 Å². The van der Waals surface area contributed by atoms with Gasteiger partial charge in [0.05, 0.1) is 10.8 Å². The topological polar surface area (TPSA) is 54.5 Å². The van der Waals surface area contributed by atoms with Crippen molar-refractivity contribution in [2.45, 2.75) is 33.2 Å². The molecular weight excluding hydrogens is 485 g/mol. The van der Waals surface area contributed by atoms with Gasteiger partial charge in [-0.25, -0.2) is 12.7 Å². The number of benzene rings is 3. The Morgan fingerprint density at radius 2 is 1.47 bits per heavy atom. The van der Waals surface area contributed by atoms with Crippen LogP contribution >= 0.6 is 35.0 Å². The van der Waals surface area contributed by atoms with Crippen LogP contribution in [0, 0.1) is 6.92 Å². The molecular formula is C24H21Cl2NO3S2. The van der Waals surface area contributed by atoms with Crippen LogP contribution in [0.5, 0.6) is 0 Å². The maximum absolute atomic E-state index is 13.6. The van der Waals surface area contributed by atoms with Crippen molar-refractivity contribution >= 4 is 50.9 Å². The van der Waals surface area contributed by atoms with E-state index in [1.54, 1.807) is 12.1 Å². The molecule has 1 aliphatic rings. The number of rotatable bonds is 6. The van der Waals surface area contributed by atoms with Crippen molar-refractivity contribution in [1.29, 1.82) is 0 Å². The molecule has 1 fully saturated rings. The monoisotopic (exact) mass is 505 g/mol. The van der Waals surface area contributed by atoms with Gasteiger partial charge in [0.2, 0.25) is 4.33 Å². The predicted molar refractivity (Wildman–Crippen MR) is 130 cm³/mol. The molecule has 0 bridgehead atoms. The van der Waals surface area contributed by atoms with Gasteiger partial charge in [0.1, 0.15) is 5.37 Å². The zero-order valence-electron chi connectivity index (χ0n) is 17.2. The lowest BCUT2D eigenvalue weighted by molar-refractivity contribution is -0.124. The lowest BCUT2D eigenvalue weighted by atomic mass is 9.97. The molecule has 0 saturated carbocycles. The second-order valence-electron chi connectivity index (χ2n) is 7.62. The average molecular weight is 506 g/mol. The molecule has 0 unspecified atom stereocenters. The Labute approximate surface area is 202 Å². The lowest BCUT2D eigenvalue weighted by Crippen LogP contribution is -2.39. The summed E-state index contributed by atoms with van der Waals surface area (Å²) in [6.45, 7) is 1.86. The van der Waals surface area contributed by atoms with Crippen molar-refractivity contribution in [3.63, 3.8) is 0 Å². The van der Waals surface area contributed by atoms with Crippen LogP contribution in [-0.2, 0) is 20.6 Å². The fourth-order valence-electron chi connectivity index (χ4n) is 3.73. The Morgan fingerprint density at radius 3 is 2.06 bits per heavy atom. The molecule has 3 aromatic rings. The van der Waals surface area contributed by atoms with E-state index in [0.29, 0.717) is 11.3 Å². The fourth-order valence-corrected chi connectivity index (χ4v) is 7.98. The predicted octanol–water partition coefficient (Wildman–Crippen LogP) is 5.74. The molecule has 0 aliphatic carbocycles. The van der Waals surface area contributed by atoms with Crippen LogP contribution in [0.15, 0.2) is 89.8 Å². The minimum absolute atomic E-state index is 0.0274. The van der Waals surface area contributed by atoms with E-state index < -0.39 is 31.6 Å². The van der Waals surface area contributed by atoms with Crippen molar-refractivity contribution in [3.05, 3.63) is 102 Å². The molecule has 0 radical (unpaired) electrons. The van der Waals surface area contributed by atoms with Crippen LogP contribution in [0.4, 0.5) is 0 Å². The molecule has 1 amide bonds. The third-order valence-electron chi connectivity index (χ3n) is 5.39. The minimum Gasteiger partial charge on any atom is -0.270 e. The van der Waals surface area contributed by atoms with Gasteiger partial charge in [-0.2, -0.15) is 0 Å². The highest BCUT2D eigenvalue weighted by Crippen LogP contribution is 2.54. The first-order valence-electron chi connectivity index (χ1n) is 9.97. The summed E-state index contributed by atoms with van der Waals surface area (Å²) in [6, 6.07) is 25.2. The Hall–Kier alpha value is -1.99. The third-order valence-corrected chi connectivity index (χ3v) is 9.42. The van der Waals surface area contributed by atoms with E-state index >= 15 is 0 Å². The normalized spacial score (nSPS) is 20.5. The maximum atomic E-state index is 13.6. The quantitative estimate of drug-likeness (QED) is 0.400. The summed E-state index contributed by atoms with van der Waals surface area (Å²) in [6.07, 6.45) is 0. The van der Waals surface area contributed by atoms with Gasteiger partial charge in [0.25, 0.3) is 15.9 Å². The molecule has 2 atom stereocenters. The third kappa shape index (κ3) is 4.29. The van der Waals surface area contributed by atoms with E-state index in [2.05, 4.69) is 0 Å². The highest BCUT2D eigenvalue weighted by molar-refractivity contribution is 8.00. The molecule has 1 heterocycles. The first-order chi connectivity index (χ1) is 15.2. The van der Waals surface area contributed by atoms with Gasteiger partial charge in [0, 0.05) is 5.75 Å². The molecule has 4 rings (SSSR count). The van der Waals surface area contributed by atoms with Crippen molar-refractivity contribution in [2.24, 2.45) is 0 Å². The zero-order valence-corrected chi connectivity index (χ0v) is 20.3. The number of carbonyl (C=O) groups is 1. The first kappa shape index (κ1) is 23.2. The molecule has 166 valence electrons. The smallest absolute Gasteiger partial charge is 0.270 e. The lowest BCUT2D eigenvalue weighted by Gasteiger charge is -2.28. The number of nitrogens with zero attached hydrogens (tertiary/aromatic N) is 1. The average Bonchev–Trinajstić information content (AvgIpc) is 2.99. The largest absolute Gasteiger partial charge is 0.274 e. The molecule has 0 spiro atoms. The standard InChI is InChI=1S/C24H21Cl2NO3S2/c1-17-12-14-20(15-13-17)32(29,30)27-22(31-16-18-8-4-2-5-9-18)21(24(25,26)23(27)28)19-10-6-3-7-11-19/h2-15,21-22H,16H2,1H3/t21-,22-/m1/s1. The summed E-state index contributed by atoms with van der Waals surface area (Å²) in [4.78, 5) is 13.4. The van der Waals surface area contributed by atoms with E-state index in [1.165, 1.54) is 23.9 Å². The van der Waals surface area contributed by atoms with Gasteiger partial charge in [-0.15, -0.1) is 11.8 Å². The Morgan fingerprint density at radius 1 is 0.906 bits per heavy atom. The molecule has 1 saturated heterocycles. The van der Waals surface area contributed by atoms with Crippen molar-refractivity contribution < 1.29 is 13.2 Å². The number of sulfonamides is 1. The highest BCUT2D eigenvalue weighted by atomic mass is 35.5. The van der Waals surface area contributed by atoms with E-state index in [4.69, 9.17) is 23.2 Å². The molecule has 0 aromatic heterocycles. The first-order valence-corrected chi connectivity index (χ1v) is 13.2. The SMILES string of the molecule is Cc1ccc(S(=O)(=O)N2C(=O)C(Cl)(Cl)[C@H](c3ccccc3)[C@H]2SCc2ccccc2)cc1. The van der Waals surface area contributed by atoms with Crippen molar-refractivity contribution in [3.8, 4) is 0 Å². The molecule has 0 N–H and O–H groups in total. The van der Waals surface area contributed by atoms with Crippen LogP contribution in [-0.4, -0.2) is 28.3 Å². The Bertz CT molecular complexity index is 1200. The molecule has 1 aliphatic heterocycles. The number of hydrogen-bond donors (Lipinski definition) is 0. The Kier molecular flexibility index (Phi) is 6.59. The van der Waals surface area contributed by atoms with Crippen molar-refractivity contribution in [2.75, 3.05) is 0 Å². The second-order valence-corrected chi connectivity index (χ2v) is 11.9. The fraction of sp³-hybridized carbons (Fsp3) is 0.208. The number of alkyl halides is 2. The van der Waals surface area contributed by atoms with Gasteiger partial charge >= 0.3 is 0 Å². The van der Waals surface area contributed by atoms with Gasteiger partial charge in [0.15, 0.2) is 0 Å². The summed E-state index contributed by atoms with van der Waals surface area (Å²) in [5.41, 5.74) is 2.63. The summed E-state index contributed by atoms with van der Waals surface area (Å²) in [7, 11) is -4.18. The zero-order chi connectivity index (χ0) is 22.9. The van der Waals surface area contributed by atoms with E-state index in [9.17, 15) is 13.2 Å². The van der Waals surface area contributed by atoms with Crippen LogP contribution in [0.2, 0.25) is 0 Å². The van der Waals surface area contributed by atoms with Crippen molar-refractivity contribution in [1.82, 2.24) is 4.31 Å². The van der Waals surface area contributed by atoms with E-state index in [-0.39, 0.29) is 4.90 Å². The maximum Gasteiger partial charge on any atom is 0.274 e. The van der Waals surface area contributed by atoms with Crippen LogP contribution in [0.3, 0.4) is 0 Å². The molecule has 32 heavy (non-hydrogen) atoms. The Balaban J connectivity index is 1.80. The van der Waals surface area contributed by atoms with Gasteiger partial charge < -0.3 is 0 Å². The number of carbonyl (C=O) groups excluding carboxylic acids is 1. The number of aryl methyl sites for hydroxylation is 1. The minimum atomic E-state index is -4.18. The van der Waals surface area contributed by atoms with E-state index in [1.807, 2.05) is 67.6 Å². The number of thioether (sulfide) groups is 1. The van der Waals surface area contributed by atoms with Gasteiger partial charge in [-0.3, -0.25) is 4.79 Å². The van der Waals surface area contributed by atoms with Crippen LogP contribution < -0.4 is 0 Å². The molecule has 4 nitrogen and oxygen atoms in total. The van der Waals surface area contributed by atoms with Crippen LogP contribution in [0.1, 0.15) is 22.6 Å². The number of amides is 1.